The summed E-state index contributed by atoms with van der Waals surface area (Å²) < 4.78 is 18.5. The molecule has 0 aliphatic rings. The summed E-state index contributed by atoms with van der Waals surface area (Å²) >= 11 is 0. The number of ether oxygens (including phenoxy) is 3. The van der Waals surface area contributed by atoms with Gasteiger partial charge < -0.3 is 14.2 Å². The van der Waals surface area contributed by atoms with Crippen LogP contribution in [0.4, 0.5) is 0 Å². The molecule has 0 aliphatic carbocycles. The van der Waals surface area contributed by atoms with Crippen molar-refractivity contribution in [3.63, 3.8) is 0 Å². The summed E-state index contributed by atoms with van der Waals surface area (Å²) in [5, 5.41) is 16.9. The zero-order valence-electron chi connectivity index (χ0n) is 18.3. The lowest BCUT2D eigenvalue weighted by Crippen LogP contribution is -2.26. The van der Waals surface area contributed by atoms with Crippen molar-refractivity contribution in [2.75, 3.05) is 27.4 Å². The van der Waals surface area contributed by atoms with E-state index in [1.165, 1.54) is 9.20 Å². The van der Waals surface area contributed by atoms with Gasteiger partial charge in [-0.1, -0.05) is 20.8 Å². The second-order valence-electron chi connectivity index (χ2n) is 7.89. The van der Waals surface area contributed by atoms with Crippen LogP contribution in [0.2, 0.25) is 0 Å². The van der Waals surface area contributed by atoms with Crippen LogP contribution in [0.3, 0.4) is 0 Å². The number of nitrogens with zero attached hydrogens (tertiary/aromatic N) is 4. The Bertz CT molecular complexity index is 1120. The van der Waals surface area contributed by atoms with Gasteiger partial charge in [0, 0.05) is 18.7 Å². The third kappa shape index (κ3) is 5.62. The predicted octanol–water partition coefficient (Wildman–Crippen LogP) is 2.65. The summed E-state index contributed by atoms with van der Waals surface area (Å²) in [4.78, 5) is 13.0. The third-order valence-electron chi connectivity index (χ3n) is 4.62. The summed E-state index contributed by atoms with van der Waals surface area (Å²) in [5.41, 5.74) is 1.81. The van der Waals surface area contributed by atoms with Gasteiger partial charge in [0.1, 0.15) is 18.9 Å². The van der Waals surface area contributed by atoms with Gasteiger partial charge in [-0.3, -0.25) is 10.2 Å². The number of fused-ring (bicyclic) bond motifs is 1. The minimum atomic E-state index is -0.169. The SMILES string of the molecule is COCCOc1ccc2nn(CC(=O)c3cc(OC)cc(C(C)(C)C)c3)c(=N)n2n1.Cl. The van der Waals surface area contributed by atoms with E-state index in [1.807, 2.05) is 12.1 Å². The second kappa shape index (κ2) is 9.93. The first kappa shape index (κ1) is 24.4. The minimum Gasteiger partial charge on any atom is -0.497 e. The molecule has 1 N–H and O–H groups in total. The quantitative estimate of drug-likeness (QED) is 0.419. The average Bonchev–Trinajstić information content (AvgIpc) is 3.02. The Morgan fingerprint density at radius 3 is 2.48 bits per heavy atom. The number of benzene rings is 1. The number of nitrogens with one attached hydrogen (secondary N) is 1. The molecule has 2 heterocycles. The first-order valence-electron chi connectivity index (χ1n) is 9.59. The molecule has 0 amide bonds. The topological polar surface area (TPSA) is 104 Å². The molecular weight excluding hydrogens is 422 g/mol. The van der Waals surface area contributed by atoms with Crippen molar-refractivity contribution in [1.82, 2.24) is 19.4 Å². The van der Waals surface area contributed by atoms with Gasteiger partial charge in [-0.25, -0.2) is 4.68 Å². The molecule has 0 saturated heterocycles. The van der Waals surface area contributed by atoms with Crippen LogP contribution in [-0.2, 0) is 16.7 Å². The highest BCUT2D eigenvalue weighted by atomic mass is 35.5. The zero-order chi connectivity index (χ0) is 21.9. The van der Waals surface area contributed by atoms with E-state index in [0.717, 1.165) is 5.56 Å². The summed E-state index contributed by atoms with van der Waals surface area (Å²) in [6.45, 7) is 6.93. The number of rotatable bonds is 8. The maximum absolute atomic E-state index is 13.0. The fraction of sp³-hybridized carbons (Fsp3) is 0.429. The normalized spacial score (nSPS) is 11.3. The van der Waals surface area contributed by atoms with Crippen LogP contribution < -0.4 is 15.1 Å². The van der Waals surface area contributed by atoms with E-state index in [0.29, 0.717) is 36.1 Å². The van der Waals surface area contributed by atoms with Gasteiger partial charge in [0.15, 0.2) is 11.4 Å². The number of methoxy groups -OCH3 is 2. The van der Waals surface area contributed by atoms with Crippen LogP contribution in [0, 0.1) is 5.41 Å². The number of hydrogen-bond donors (Lipinski definition) is 1. The van der Waals surface area contributed by atoms with E-state index >= 15 is 0 Å². The predicted molar refractivity (Wildman–Crippen MR) is 117 cm³/mol. The van der Waals surface area contributed by atoms with Gasteiger partial charge in [-0.05, 0) is 35.2 Å². The smallest absolute Gasteiger partial charge is 0.242 e. The van der Waals surface area contributed by atoms with Crippen molar-refractivity contribution < 1.29 is 19.0 Å². The van der Waals surface area contributed by atoms with E-state index in [9.17, 15) is 4.79 Å². The molecule has 9 nitrogen and oxygen atoms in total. The number of ketones is 1. The van der Waals surface area contributed by atoms with Crippen LogP contribution in [0.1, 0.15) is 36.7 Å². The van der Waals surface area contributed by atoms with Gasteiger partial charge in [0.2, 0.25) is 11.5 Å². The monoisotopic (exact) mass is 449 g/mol. The molecule has 2 aromatic heterocycles. The lowest BCUT2D eigenvalue weighted by atomic mass is 9.85. The Hall–Kier alpha value is -2.91. The average molecular weight is 450 g/mol. The standard InChI is InChI=1S/C21H27N5O4.ClH/c1-21(2,3)15-10-14(11-16(12-15)29-5)17(27)13-25-20(22)26-18(23-25)6-7-19(24-26)30-9-8-28-4;/h6-7,10-12,22H,8-9,13H2,1-5H3;1H. The molecular formula is C21H28ClN5O4. The Labute approximate surface area is 186 Å². The Morgan fingerprint density at radius 2 is 1.84 bits per heavy atom. The molecule has 10 heteroatoms. The van der Waals surface area contributed by atoms with Gasteiger partial charge in [-0.15, -0.1) is 22.6 Å². The van der Waals surface area contributed by atoms with Gasteiger partial charge >= 0.3 is 0 Å². The number of carbonyl (C=O) groups excluding carboxylic acids is 1. The largest absolute Gasteiger partial charge is 0.497 e. The second-order valence-corrected chi connectivity index (χ2v) is 7.89. The highest BCUT2D eigenvalue weighted by Gasteiger charge is 2.19. The number of aromatic nitrogens is 4. The summed E-state index contributed by atoms with van der Waals surface area (Å²) in [6, 6.07) is 8.86. The Kier molecular flexibility index (Phi) is 7.80. The van der Waals surface area contributed by atoms with Crippen LogP contribution >= 0.6 is 12.4 Å². The first-order valence-corrected chi connectivity index (χ1v) is 9.59. The highest BCUT2D eigenvalue weighted by Crippen LogP contribution is 2.28. The number of Topliss-reactive ketones (excluding diaryl/α,β-unsaturated/α-hetero) is 1. The van der Waals surface area contributed by atoms with Crippen LogP contribution in [0.5, 0.6) is 11.6 Å². The number of hydrogen-bond acceptors (Lipinski definition) is 7. The molecule has 0 aliphatic heterocycles. The first-order chi connectivity index (χ1) is 14.2. The Morgan fingerprint density at radius 1 is 1.10 bits per heavy atom. The molecule has 0 spiro atoms. The summed E-state index contributed by atoms with van der Waals surface area (Å²) in [6.07, 6.45) is 0. The molecule has 0 atom stereocenters. The fourth-order valence-corrected chi connectivity index (χ4v) is 2.87. The molecule has 1 aromatic carbocycles. The highest BCUT2D eigenvalue weighted by molar-refractivity contribution is 5.96. The van der Waals surface area contributed by atoms with E-state index < -0.39 is 0 Å². The molecule has 0 bridgehead atoms. The van der Waals surface area contributed by atoms with Crippen LogP contribution in [-0.4, -0.2) is 52.6 Å². The molecule has 0 radical (unpaired) electrons. The summed E-state index contributed by atoms with van der Waals surface area (Å²) in [5.74, 6) is 0.806. The van der Waals surface area contributed by atoms with Crippen molar-refractivity contribution in [1.29, 1.82) is 5.41 Å². The zero-order valence-corrected chi connectivity index (χ0v) is 19.2. The van der Waals surface area contributed by atoms with Gasteiger partial charge in [-0.2, -0.15) is 4.52 Å². The lowest BCUT2D eigenvalue weighted by Gasteiger charge is -2.20. The van der Waals surface area contributed by atoms with Crippen LogP contribution in [0.15, 0.2) is 30.3 Å². The Balaban J connectivity index is 0.00000341. The number of halogens is 1. The molecule has 0 unspecified atom stereocenters. The van der Waals surface area contributed by atoms with Crippen molar-refractivity contribution in [3.05, 3.63) is 47.1 Å². The minimum absolute atomic E-state index is 0. The molecule has 0 fully saturated rings. The van der Waals surface area contributed by atoms with Gasteiger partial charge in [0.25, 0.3) is 0 Å². The van der Waals surface area contributed by atoms with Crippen LogP contribution in [0.25, 0.3) is 5.65 Å². The molecule has 3 aromatic rings. The maximum atomic E-state index is 13.0. The van der Waals surface area contributed by atoms with Crippen molar-refractivity contribution in [3.8, 4) is 11.6 Å². The van der Waals surface area contributed by atoms with E-state index in [1.54, 1.807) is 32.4 Å². The fourth-order valence-electron chi connectivity index (χ4n) is 2.87. The molecule has 3 rings (SSSR count). The molecule has 0 saturated carbocycles. The summed E-state index contributed by atoms with van der Waals surface area (Å²) in [7, 11) is 3.16. The van der Waals surface area contributed by atoms with E-state index in [2.05, 4.69) is 31.0 Å². The van der Waals surface area contributed by atoms with E-state index in [4.69, 9.17) is 19.6 Å². The maximum Gasteiger partial charge on any atom is 0.242 e. The molecule has 168 valence electrons. The van der Waals surface area contributed by atoms with E-state index in [-0.39, 0.29) is 35.8 Å². The van der Waals surface area contributed by atoms with Crippen molar-refractivity contribution in [2.45, 2.75) is 32.7 Å². The molecule has 31 heavy (non-hydrogen) atoms. The van der Waals surface area contributed by atoms with Crippen molar-refractivity contribution >= 4 is 23.8 Å². The number of carbonyl (C=O) groups is 1. The van der Waals surface area contributed by atoms with Gasteiger partial charge in [0.05, 0.1) is 13.7 Å². The third-order valence-corrected chi connectivity index (χ3v) is 4.62. The van der Waals surface area contributed by atoms with Crippen molar-refractivity contribution in [2.24, 2.45) is 0 Å². The lowest BCUT2D eigenvalue weighted by molar-refractivity contribution is 0.0965.